The largest absolute Gasteiger partial charge is 0.496 e. The predicted molar refractivity (Wildman–Crippen MR) is 468 cm³/mol. The lowest BCUT2D eigenvalue weighted by Gasteiger charge is -2.63. The zero-order chi connectivity index (χ0) is 96.3. The van der Waals surface area contributed by atoms with E-state index < -0.39 is 129 Å². The second-order valence-corrected chi connectivity index (χ2v) is 36.6. The number of anilines is 2. The number of unbranched alkanes of at least 4 members (excludes halogenated alkanes) is 1. The Morgan fingerprint density at radius 1 is 0.842 bits per heavy atom. The Hall–Kier alpha value is -11.9. The van der Waals surface area contributed by atoms with Gasteiger partial charge in [0, 0.05) is 140 Å². The number of carboxylic acid groups (broad SMARTS) is 1. The summed E-state index contributed by atoms with van der Waals surface area (Å²) in [6, 6.07) is 16.7. The van der Waals surface area contributed by atoms with Crippen LogP contribution in [0.3, 0.4) is 0 Å². The average Bonchev–Trinajstić information content (AvgIpc) is 1.48. The number of nitrogens with one attached hydrogen (secondary N) is 6. The number of para-hydroxylation sites is 1. The molecule has 1 spiro atoms. The van der Waals surface area contributed by atoms with Crippen molar-refractivity contribution in [2.45, 2.75) is 194 Å². The van der Waals surface area contributed by atoms with Gasteiger partial charge in [-0.2, -0.15) is 33.8 Å². The van der Waals surface area contributed by atoms with Crippen LogP contribution in [0, 0.1) is 17.3 Å². The number of nitrogens with zero attached hydrogens (tertiary/aromatic N) is 9. The van der Waals surface area contributed by atoms with Gasteiger partial charge in [-0.25, -0.2) is 29.7 Å². The molecule has 4 fully saturated rings. The second kappa shape index (κ2) is 45.2. The van der Waals surface area contributed by atoms with Crippen molar-refractivity contribution >= 4 is 122 Å². The fourth-order valence-corrected chi connectivity index (χ4v) is 22.0. The summed E-state index contributed by atoms with van der Waals surface area (Å²) in [5.41, 5.74) is 10.4. The van der Waals surface area contributed by atoms with Gasteiger partial charge in [-0.3, -0.25) is 53.8 Å². The zero-order valence-electron chi connectivity index (χ0n) is 73.6. The molecule has 17 atom stereocenters. The van der Waals surface area contributed by atoms with Gasteiger partial charge in [-0.15, -0.1) is 5.10 Å². The average molecular weight is 1890 g/mol. The van der Waals surface area contributed by atoms with Gasteiger partial charge >= 0.3 is 30.5 Å². The van der Waals surface area contributed by atoms with Crippen molar-refractivity contribution < 1.29 is 127 Å². The Morgan fingerprint density at radius 2 is 1.57 bits per heavy atom. The molecule has 45 heteroatoms. The molecule has 1 saturated carbocycles. The highest BCUT2D eigenvalue weighted by atomic mass is 33.1. The summed E-state index contributed by atoms with van der Waals surface area (Å²) in [5.74, 6) is -4.37. The molecule has 1 aliphatic carbocycles. The summed E-state index contributed by atoms with van der Waals surface area (Å²) in [6.07, 6.45) is 0.114. The zero-order valence-corrected chi connectivity index (χ0v) is 75.2. The Balaban J connectivity index is 0.00000182. The van der Waals surface area contributed by atoms with Crippen LogP contribution in [-0.4, -0.2) is 303 Å². The van der Waals surface area contributed by atoms with Gasteiger partial charge in [-0.1, -0.05) is 95.3 Å². The number of hydrogen-bond acceptors (Lipinski definition) is 37. The molecule has 6 aliphatic heterocycles. The van der Waals surface area contributed by atoms with Gasteiger partial charge in [0.25, 0.3) is 17.9 Å². The summed E-state index contributed by atoms with van der Waals surface area (Å²) in [5, 5.41) is 94.2. The van der Waals surface area contributed by atoms with Crippen molar-refractivity contribution in [3.8, 4) is 5.75 Å². The molecular weight excluding hydrogens is 1780 g/mol. The number of aliphatic hydroxyl groups excluding tert-OH is 4. The SMILES string of the molecule is CC[C@]1(O)C[C@H]2CN(CCc3c([nH]c4ccccc34)[C@@](COC=O)(c3cc4c(cc3OC)N(C)[C@H]3[C@@](O)(C(=O)NNC(=O)OCCSSCCNC(=O)[C@@H](CC(=O)[C@H](C)NC(=O)CCCCC(=O)c5ccc(CCc6cnc7nc(N)[nH]c(=O)c7n6)cc5)Cc5cn(CCO[C@@H]6OC(C(=O)O)[C@@H](O)[C@H](O)C6O)nn5)[C@H](O)[C@]5(CC)C=CCN6CC[C@]43[C@@H]65)C2)C1.O=C=O.O=C=O.O=C=O. The Bertz CT molecular complexity index is 5530. The van der Waals surface area contributed by atoms with E-state index in [1.807, 2.05) is 67.3 Å². The van der Waals surface area contributed by atoms with E-state index in [1.54, 1.807) is 26.3 Å². The van der Waals surface area contributed by atoms with Gasteiger partial charge in [0.1, 0.15) is 43.4 Å². The van der Waals surface area contributed by atoms with Crippen molar-refractivity contribution in [2.75, 3.05) is 95.4 Å². The molecule has 15 N–H and O–H groups in total. The molecule has 3 aromatic carbocycles. The molecule has 133 heavy (non-hydrogen) atoms. The lowest BCUT2D eigenvalue weighted by molar-refractivity contribution is -0.294. The van der Waals surface area contributed by atoms with Crippen molar-refractivity contribution in [2.24, 2.45) is 17.3 Å². The van der Waals surface area contributed by atoms with E-state index >= 15 is 4.79 Å². The number of carbonyl (C=O) groups excluding carboxylic acids is 13. The summed E-state index contributed by atoms with van der Waals surface area (Å²) in [6.45, 7) is 8.45. The van der Waals surface area contributed by atoms with Gasteiger partial charge in [0.15, 0.2) is 40.7 Å². The predicted octanol–water partition coefficient (Wildman–Crippen LogP) is 0.412. The highest BCUT2D eigenvalue weighted by Crippen LogP contribution is 2.68. The first-order valence-corrected chi connectivity index (χ1v) is 45.8. The minimum atomic E-state index is -2.62. The number of ether oxygens (including phenoxy) is 5. The van der Waals surface area contributed by atoms with Crippen LogP contribution in [0.4, 0.5) is 16.4 Å². The number of nitrogens with two attached hydrogens (primary N) is 1. The number of likely N-dealkylation sites (N-methyl/N-ethyl adjacent to an activating group) is 1. The fraction of sp³-hybridized carbons (Fsp3) is 0.534. The number of aryl methyl sites for hydroxylation is 2. The maximum absolute atomic E-state index is 15.4. The third-order valence-electron chi connectivity index (χ3n) is 26.1. The number of ketones is 2. The summed E-state index contributed by atoms with van der Waals surface area (Å²) in [4.78, 5) is 194. The van der Waals surface area contributed by atoms with E-state index in [1.165, 1.54) is 45.6 Å². The van der Waals surface area contributed by atoms with Gasteiger partial charge in [-0.05, 0) is 112 Å². The number of fused-ring (bicyclic) bond motifs is 7. The van der Waals surface area contributed by atoms with E-state index in [9.17, 15) is 74.1 Å². The Kier molecular flexibility index (Phi) is 34.6. The standard InChI is InChI=1S/C85H108N16O21S2.3CO2/c1-6-81(116)39-49-40-83(45-119-46-102,69-55(23-28-99(42-49)44-81)54-13-8-9-14-58(54)91-69)57-37-56-59(38-62(57)118-5)98(4)76-84(56)25-29-100-27-12-24-82(7-2,75(84)100)77(113)85(76,117)78(114)95-96-80(115)121-32-34-124-123-33-26-87-71(109)51(35-53-43-101(97-94-53)30-31-120-74-67(108)65(106)66(107)68(122-74)73(111)112)36-61(104)47(3)89-63(105)16-11-10-15-60(103)50-20-17-48(18-21-50)19-22-52-41-88-70-64(90-52)72(110)93-79(86)92-70;3*2-1-3/h8-9,12-14,17-18,20-21,24,37-38,41,43,46-47,49,51,65-68,74-77,91,106-108,113,116-117H,6-7,10-11,15-16,19,22-23,25-36,39-40,42,44-45H2,1-5H3,(H,87,109)(H,89,105)(H,95,114)(H,96,115)(H,111,112)(H3,86,88,92,93,110);;;/t47-,49+,51+,65-,66-,67?,68?,74+,75-,76+,77+,81-,82+,83-,84+,85-;;;/m0.../s1. The molecule has 714 valence electrons. The number of benzene rings is 3. The van der Waals surface area contributed by atoms with Crippen molar-refractivity contribution in [1.82, 2.24) is 71.2 Å². The van der Waals surface area contributed by atoms with Gasteiger partial charge in [0.05, 0.1) is 66.9 Å². The monoisotopic (exact) mass is 1880 g/mol. The van der Waals surface area contributed by atoms with E-state index in [-0.39, 0.29) is 117 Å². The normalized spacial score (nSPS) is 26.1. The fourth-order valence-electron chi connectivity index (χ4n) is 20.2. The number of aromatic nitrogens is 8. The lowest BCUT2D eigenvalue weighted by Crippen LogP contribution is -2.82. The van der Waals surface area contributed by atoms with Crippen molar-refractivity contribution in [3.05, 3.63) is 140 Å². The quantitative estimate of drug-likeness (QED) is 0.00632. The lowest BCUT2D eigenvalue weighted by atomic mass is 9.47. The number of H-pyrrole nitrogens is 2. The number of methoxy groups -OCH3 is 1. The molecule has 0 radical (unpaired) electrons. The van der Waals surface area contributed by atoms with Crippen LogP contribution >= 0.6 is 21.6 Å². The molecule has 43 nitrogen and oxygen atoms in total. The highest BCUT2D eigenvalue weighted by molar-refractivity contribution is 8.76. The molecule has 4 amide bonds. The first kappa shape index (κ1) is 102. The molecule has 2 bridgehead atoms. The number of aliphatic hydroxyl groups is 6. The van der Waals surface area contributed by atoms with Crippen LogP contribution in [0.25, 0.3) is 22.1 Å². The van der Waals surface area contributed by atoms with Crippen molar-refractivity contribution in [3.63, 3.8) is 0 Å². The molecular formula is C88H108N16O27S2. The van der Waals surface area contributed by atoms with E-state index in [2.05, 4.69) is 78.6 Å². The minimum Gasteiger partial charge on any atom is -0.496 e. The van der Waals surface area contributed by atoms with Crippen LogP contribution in [0.15, 0.2) is 90.0 Å². The van der Waals surface area contributed by atoms with E-state index in [0.717, 1.165) is 33.3 Å². The number of nitrogen functional groups attached to an aromatic ring is 1. The summed E-state index contributed by atoms with van der Waals surface area (Å²) < 4.78 is 30.1. The number of aliphatic carboxylic acids is 1. The van der Waals surface area contributed by atoms with Gasteiger partial charge < -0.3 is 85.7 Å². The molecule has 7 aromatic rings. The van der Waals surface area contributed by atoms with Crippen LogP contribution < -0.4 is 42.4 Å². The Labute approximate surface area is 768 Å². The van der Waals surface area contributed by atoms with E-state index in [0.29, 0.717) is 137 Å². The molecule has 4 aromatic heterocycles. The second-order valence-electron chi connectivity index (χ2n) is 33.9. The first-order valence-electron chi connectivity index (χ1n) is 43.3. The molecule has 7 aliphatic rings. The Morgan fingerprint density at radius 3 is 2.29 bits per heavy atom. The van der Waals surface area contributed by atoms with Crippen molar-refractivity contribution in [1.29, 1.82) is 0 Å². The maximum atomic E-state index is 15.4. The van der Waals surface area contributed by atoms with E-state index in [4.69, 9.17) is 58.2 Å². The number of hydrogen-bond donors (Lipinski definition) is 14. The highest BCUT2D eigenvalue weighted by Gasteiger charge is 2.79. The molecule has 3 unspecified atom stereocenters. The first-order chi connectivity index (χ1) is 63.8. The number of Topliss-reactive ketones (excluding diaryl/α,β-unsaturated/α-hetero) is 2. The molecule has 14 rings (SSSR count). The van der Waals surface area contributed by atoms with Crippen LogP contribution in [0.5, 0.6) is 5.75 Å². The van der Waals surface area contributed by atoms with Crippen LogP contribution in [0.1, 0.15) is 135 Å². The number of carboxylic acids is 1. The number of hydrazine groups is 1. The maximum Gasteiger partial charge on any atom is 0.426 e. The number of piperidine rings is 1. The number of aromatic amines is 2. The summed E-state index contributed by atoms with van der Waals surface area (Å²) >= 11 is 0. The topological polar surface area (TPSA) is 629 Å². The smallest absolute Gasteiger partial charge is 0.426 e. The third-order valence-corrected chi connectivity index (χ3v) is 28.5. The number of rotatable bonds is 36. The van der Waals surface area contributed by atoms with Gasteiger partial charge in [0.2, 0.25) is 17.8 Å². The third kappa shape index (κ3) is 22.1. The summed E-state index contributed by atoms with van der Waals surface area (Å²) in [7, 11) is 6.02. The van der Waals surface area contributed by atoms with Crippen LogP contribution in [0.2, 0.25) is 0 Å². The molecule has 3 saturated heterocycles. The number of amides is 4. The number of carbonyl (C=O) groups is 8. The molecule has 10 heterocycles. The minimum absolute atomic E-state index is 0.00720. The van der Waals surface area contributed by atoms with Crippen LogP contribution in [-0.2, 0) is 120 Å².